The number of halogens is 1. The number of quaternary nitrogens is 1. The second-order valence-electron chi connectivity index (χ2n) is 1.54. The Morgan fingerprint density at radius 1 is 1.89 bits per heavy atom. The summed E-state index contributed by atoms with van der Waals surface area (Å²) in [5, 5.41) is 13.4. The van der Waals surface area contributed by atoms with Gasteiger partial charge in [0, 0.05) is 0 Å². The van der Waals surface area contributed by atoms with Gasteiger partial charge < -0.3 is 5.21 Å². The average molecular weight is 194 g/mol. The monoisotopic (exact) mass is 193 g/mol. The van der Waals surface area contributed by atoms with Crippen LogP contribution in [0.5, 0.6) is 0 Å². The SMILES string of the molecule is O=C1C[NH+]([O-])NN=C1Br. The lowest BCUT2D eigenvalue weighted by Crippen LogP contribution is -3.15. The molecule has 1 atom stereocenters. The number of ketones is 1. The Kier molecular flexibility index (Phi) is 1.79. The van der Waals surface area contributed by atoms with Gasteiger partial charge in [-0.3, -0.25) is 4.79 Å². The van der Waals surface area contributed by atoms with Crippen LogP contribution in [0.1, 0.15) is 0 Å². The number of rotatable bonds is 0. The van der Waals surface area contributed by atoms with Crippen molar-refractivity contribution in [2.24, 2.45) is 5.10 Å². The molecule has 0 aromatic heterocycles. The molecule has 0 spiro atoms. The Labute approximate surface area is 59.4 Å². The normalized spacial score (nSPS) is 27.1. The smallest absolute Gasteiger partial charge is 0.246 e. The highest BCUT2D eigenvalue weighted by Crippen LogP contribution is 1.89. The maximum absolute atomic E-state index is 10.6. The zero-order valence-corrected chi connectivity index (χ0v) is 5.93. The van der Waals surface area contributed by atoms with E-state index in [1.165, 1.54) is 0 Å². The molecule has 1 aliphatic heterocycles. The third kappa shape index (κ3) is 1.47. The molecule has 0 fully saturated rings. The zero-order chi connectivity index (χ0) is 6.85. The maximum atomic E-state index is 10.6. The number of hydroxylamine groups is 1. The molecule has 1 aliphatic rings. The van der Waals surface area contributed by atoms with E-state index in [0.29, 0.717) is 0 Å². The molecule has 0 aromatic carbocycles. The van der Waals surface area contributed by atoms with Crippen LogP contribution in [0.3, 0.4) is 0 Å². The molecule has 2 N–H and O–H groups in total. The molecule has 50 valence electrons. The fourth-order valence-corrected chi connectivity index (χ4v) is 0.661. The molecule has 6 heteroatoms. The number of hydrogen-bond acceptors (Lipinski definition) is 4. The van der Waals surface area contributed by atoms with Crippen molar-refractivity contribution in [1.82, 2.24) is 5.53 Å². The van der Waals surface area contributed by atoms with Gasteiger partial charge in [-0.15, -0.1) is 5.10 Å². The van der Waals surface area contributed by atoms with E-state index in [-0.39, 0.29) is 22.1 Å². The molecule has 1 heterocycles. The van der Waals surface area contributed by atoms with Crippen LogP contribution in [0.15, 0.2) is 5.10 Å². The Balaban J connectivity index is 2.68. The summed E-state index contributed by atoms with van der Waals surface area (Å²) in [5.41, 5.74) is 2.14. The van der Waals surface area contributed by atoms with Crippen molar-refractivity contribution < 1.29 is 9.97 Å². The first-order valence-electron chi connectivity index (χ1n) is 2.25. The number of hydrazone groups is 1. The van der Waals surface area contributed by atoms with E-state index in [1.807, 2.05) is 0 Å². The van der Waals surface area contributed by atoms with Crippen LogP contribution >= 0.6 is 15.9 Å². The first kappa shape index (κ1) is 6.66. The predicted octanol–water partition coefficient (Wildman–Crippen LogP) is -1.84. The highest BCUT2D eigenvalue weighted by Gasteiger charge is 2.16. The van der Waals surface area contributed by atoms with Crippen LogP contribution in [-0.4, -0.2) is 16.9 Å². The summed E-state index contributed by atoms with van der Waals surface area (Å²) in [6, 6.07) is 0. The fourth-order valence-electron chi connectivity index (χ4n) is 0.432. The number of carbonyl (C=O) groups excluding carboxylic acids is 1. The Morgan fingerprint density at radius 2 is 2.56 bits per heavy atom. The molecule has 5 nitrogen and oxygen atoms in total. The van der Waals surface area contributed by atoms with Crippen molar-refractivity contribution in [2.75, 3.05) is 6.54 Å². The lowest BCUT2D eigenvalue weighted by atomic mass is 10.4. The third-order valence-electron chi connectivity index (χ3n) is 0.830. The number of hydrogen-bond donors (Lipinski definition) is 2. The van der Waals surface area contributed by atoms with Crippen molar-refractivity contribution in [3.63, 3.8) is 0 Å². The topological polar surface area (TPSA) is 69.0 Å². The zero-order valence-electron chi connectivity index (χ0n) is 4.35. The minimum absolute atomic E-state index is 0.107. The predicted molar refractivity (Wildman–Crippen MR) is 33.7 cm³/mol. The van der Waals surface area contributed by atoms with E-state index in [0.717, 1.165) is 0 Å². The van der Waals surface area contributed by atoms with Gasteiger partial charge >= 0.3 is 0 Å². The highest BCUT2D eigenvalue weighted by molar-refractivity contribution is 9.19. The number of nitrogens with one attached hydrogen (secondary N) is 2. The molecule has 0 saturated carbocycles. The quantitative estimate of drug-likeness (QED) is 0.445. The van der Waals surface area contributed by atoms with Gasteiger partial charge in [-0.25, -0.2) is 5.17 Å². The Bertz CT molecular complexity index is 168. The van der Waals surface area contributed by atoms with Crippen molar-refractivity contribution in [3.05, 3.63) is 5.21 Å². The fraction of sp³-hybridized carbons (Fsp3) is 0.333. The second kappa shape index (κ2) is 2.42. The molecule has 0 amide bonds. The van der Waals surface area contributed by atoms with Crippen LogP contribution in [0.4, 0.5) is 0 Å². The first-order valence-corrected chi connectivity index (χ1v) is 3.04. The molecule has 1 unspecified atom stereocenters. The van der Waals surface area contributed by atoms with Gasteiger partial charge in [0.25, 0.3) is 0 Å². The molecule has 9 heavy (non-hydrogen) atoms. The van der Waals surface area contributed by atoms with Crippen LogP contribution in [0, 0.1) is 5.21 Å². The largest absolute Gasteiger partial charge is 0.606 e. The van der Waals surface area contributed by atoms with Crippen molar-refractivity contribution in [1.29, 1.82) is 0 Å². The van der Waals surface area contributed by atoms with Gasteiger partial charge in [0.15, 0.2) is 11.2 Å². The molecular weight excluding hydrogens is 190 g/mol. The van der Waals surface area contributed by atoms with Gasteiger partial charge in [0.2, 0.25) is 5.78 Å². The molecular formula is C3H4BrN3O2. The maximum Gasteiger partial charge on any atom is 0.246 e. The molecule has 0 bridgehead atoms. The molecule has 1 rings (SSSR count). The van der Waals surface area contributed by atoms with Gasteiger partial charge in [0.05, 0.1) is 0 Å². The van der Waals surface area contributed by atoms with Crippen LogP contribution in [-0.2, 0) is 4.79 Å². The number of nitrogens with zero attached hydrogens (tertiary/aromatic N) is 1. The van der Waals surface area contributed by atoms with Gasteiger partial charge in [-0.1, -0.05) is 0 Å². The summed E-state index contributed by atoms with van der Waals surface area (Å²) < 4.78 is 0.183. The standard InChI is InChI=1S/C3H4BrN3O2/c4-3-2(8)1-7(9)6-5-3/h6-7H,1H2. The van der Waals surface area contributed by atoms with Crippen molar-refractivity contribution in [2.45, 2.75) is 0 Å². The van der Waals surface area contributed by atoms with E-state index in [4.69, 9.17) is 0 Å². The third-order valence-corrected chi connectivity index (χ3v) is 1.45. The van der Waals surface area contributed by atoms with Crippen LogP contribution in [0.2, 0.25) is 0 Å². The summed E-state index contributed by atoms with van der Waals surface area (Å²) in [5.74, 6) is -0.279. The van der Waals surface area contributed by atoms with Crippen molar-refractivity contribution >= 4 is 26.3 Å². The minimum Gasteiger partial charge on any atom is -0.606 e. The molecule has 0 aliphatic carbocycles. The average Bonchev–Trinajstić information content (AvgIpc) is 1.80. The van der Waals surface area contributed by atoms with E-state index < -0.39 is 0 Å². The Hall–Kier alpha value is -0.460. The van der Waals surface area contributed by atoms with Gasteiger partial charge in [-0.05, 0) is 15.9 Å². The molecule has 0 saturated heterocycles. The molecule has 0 aromatic rings. The van der Waals surface area contributed by atoms with Crippen LogP contribution < -0.4 is 10.7 Å². The van der Waals surface area contributed by atoms with E-state index in [1.54, 1.807) is 0 Å². The summed E-state index contributed by atoms with van der Waals surface area (Å²) >= 11 is 2.87. The summed E-state index contributed by atoms with van der Waals surface area (Å²) in [6.07, 6.45) is 0. The summed E-state index contributed by atoms with van der Waals surface area (Å²) in [7, 11) is 0. The van der Waals surface area contributed by atoms with Crippen LogP contribution in [0.25, 0.3) is 0 Å². The summed E-state index contributed by atoms with van der Waals surface area (Å²) in [4.78, 5) is 10.6. The van der Waals surface area contributed by atoms with Gasteiger partial charge in [-0.2, -0.15) is 5.53 Å². The van der Waals surface area contributed by atoms with E-state index >= 15 is 0 Å². The second-order valence-corrected chi connectivity index (χ2v) is 2.29. The highest BCUT2D eigenvalue weighted by atomic mass is 79.9. The molecule has 0 radical (unpaired) electrons. The Morgan fingerprint density at radius 3 is 3.00 bits per heavy atom. The lowest BCUT2D eigenvalue weighted by molar-refractivity contribution is -0.889. The summed E-state index contributed by atoms with van der Waals surface area (Å²) in [6.45, 7) is -0.107. The lowest BCUT2D eigenvalue weighted by Gasteiger charge is -2.21. The number of Topliss-reactive ketones (excluding diaryl/α,β-unsaturated/α-hetero) is 1. The van der Waals surface area contributed by atoms with Gasteiger partial charge in [0.1, 0.15) is 0 Å². The first-order chi connectivity index (χ1) is 4.20. The van der Waals surface area contributed by atoms with E-state index in [9.17, 15) is 10.0 Å². The van der Waals surface area contributed by atoms with E-state index in [2.05, 4.69) is 26.6 Å². The number of carbonyl (C=O) groups is 1. The minimum atomic E-state index is -0.358. The van der Waals surface area contributed by atoms with Crippen molar-refractivity contribution in [3.8, 4) is 0 Å².